The normalized spacial score (nSPS) is 31.6. The fraction of sp³-hybridized carbons (Fsp3) is 0.833. The van der Waals surface area contributed by atoms with E-state index in [4.69, 9.17) is 36.0 Å². The van der Waals surface area contributed by atoms with E-state index >= 15 is 0 Å². The average molecular weight is 1020 g/mol. The molecule has 4 saturated heterocycles. The molecule has 272 valence electrons. The van der Waals surface area contributed by atoms with Crippen LogP contribution in [-0.4, -0.2) is 228 Å². The van der Waals surface area contributed by atoms with Gasteiger partial charge in [0.25, 0.3) is 0 Å². The number of hydrogen-bond acceptors (Lipinski definition) is 15. The van der Waals surface area contributed by atoms with Crippen molar-refractivity contribution in [1.29, 1.82) is 0 Å². The van der Waals surface area contributed by atoms with E-state index in [1.165, 1.54) is 0 Å². The molecule has 0 aromatic heterocycles. The van der Waals surface area contributed by atoms with Crippen molar-refractivity contribution in [1.82, 2.24) is 0 Å². The summed E-state index contributed by atoms with van der Waals surface area (Å²) in [5.74, 6) is -2.84. The molecule has 0 aromatic rings. The molecule has 4 heterocycles. The van der Waals surface area contributed by atoms with Crippen molar-refractivity contribution >= 4 is 74.9 Å². The number of carbonyl (C=O) groups is 2. The summed E-state index contributed by atoms with van der Waals surface area (Å²) < 4.78 is 55.5. The summed E-state index contributed by atoms with van der Waals surface area (Å²) in [6, 6.07) is 0. The molecular formula is C12H40NaO28Sb3. The molecule has 4 bridgehead atoms. The zero-order valence-corrected chi connectivity index (χ0v) is 31.7. The fourth-order valence-electron chi connectivity index (χ4n) is 3.23. The molecule has 28 N–H and O–H groups in total. The van der Waals surface area contributed by atoms with Crippen LogP contribution >= 0.6 is 0 Å². The number of fused-ring (bicyclic) bond motifs is 4. The number of rotatable bonds is 8. The van der Waals surface area contributed by atoms with Gasteiger partial charge in [-0.2, -0.15) is 0 Å². The number of aliphatic hydroxyl groups is 4. The summed E-state index contributed by atoms with van der Waals surface area (Å²) in [5.41, 5.74) is 0. The number of aliphatic carboxylic acids is 2. The van der Waals surface area contributed by atoms with E-state index in [0.717, 1.165) is 0 Å². The zero-order valence-electron chi connectivity index (χ0n) is 22.0. The third kappa shape index (κ3) is 14.4. The van der Waals surface area contributed by atoms with Crippen LogP contribution in [0.2, 0.25) is 0 Å². The average Bonchev–Trinajstić information content (AvgIpc) is 3.48. The molecule has 2 unspecified atom stereocenters. The first-order valence-electron chi connectivity index (χ1n) is 8.64. The Bertz CT molecular complexity index is 701. The summed E-state index contributed by atoms with van der Waals surface area (Å²) in [6.45, 7) is -1.50. The minimum atomic E-state index is -5.13. The van der Waals surface area contributed by atoms with Crippen LogP contribution in [0.4, 0.5) is 0 Å². The summed E-state index contributed by atoms with van der Waals surface area (Å²) in [6.07, 6.45) is -11.2. The van der Waals surface area contributed by atoms with Gasteiger partial charge in [-0.3, -0.25) is 0 Å². The molecule has 0 amide bonds. The predicted molar refractivity (Wildman–Crippen MR) is 129 cm³/mol. The van der Waals surface area contributed by atoms with Crippen LogP contribution in [0.3, 0.4) is 0 Å². The van der Waals surface area contributed by atoms with E-state index in [1.807, 2.05) is 0 Å². The van der Waals surface area contributed by atoms with Crippen LogP contribution in [-0.2, 0) is 32.0 Å². The summed E-state index contributed by atoms with van der Waals surface area (Å²) in [5, 5.41) is 56.8. The van der Waals surface area contributed by atoms with Crippen molar-refractivity contribution in [2.24, 2.45) is 0 Å². The van der Waals surface area contributed by atoms with Gasteiger partial charge >= 0.3 is 233 Å². The van der Waals surface area contributed by atoms with Crippen LogP contribution in [0, 0.1) is 0 Å². The molecule has 10 atom stereocenters. The number of carboxylic acid groups (broad SMARTS) is 2. The monoisotopic (exact) mass is 1020 g/mol. The molecule has 0 aromatic carbocycles. The molecule has 4 aliphatic heterocycles. The van der Waals surface area contributed by atoms with Crippen LogP contribution in [0.25, 0.3) is 0 Å². The second kappa shape index (κ2) is 29.2. The molecule has 4 rings (SSSR count). The summed E-state index contributed by atoms with van der Waals surface area (Å²) >= 11 is -12.4. The summed E-state index contributed by atoms with van der Waals surface area (Å²) in [7, 11) is 0. The van der Waals surface area contributed by atoms with Gasteiger partial charge in [0.1, 0.15) is 0 Å². The van der Waals surface area contributed by atoms with Gasteiger partial charge in [0.15, 0.2) is 0 Å². The number of aliphatic hydroxyl groups excluding tert-OH is 4. The molecule has 0 aliphatic carbocycles. The topological polar surface area (TPSA) is 607 Å². The van der Waals surface area contributed by atoms with Crippen molar-refractivity contribution in [2.45, 2.75) is 48.8 Å². The van der Waals surface area contributed by atoms with E-state index in [0.29, 0.717) is 0 Å². The maximum atomic E-state index is 11.5. The van der Waals surface area contributed by atoms with Gasteiger partial charge in [-0.15, -0.1) is 0 Å². The van der Waals surface area contributed by atoms with Crippen LogP contribution < -0.4 is 32.9 Å². The predicted octanol–water partition coefficient (Wildman–Crippen LogP) is -18.6. The van der Waals surface area contributed by atoms with Crippen LogP contribution in [0.1, 0.15) is 0 Å². The van der Waals surface area contributed by atoms with Crippen molar-refractivity contribution in [3.8, 4) is 0 Å². The Morgan fingerprint density at radius 3 is 1.11 bits per heavy atom. The van der Waals surface area contributed by atoms with Gasteiger partial charge in [0, 0.05) is 0 Å². The SMILES string of the molecule is O.O.O.O.O.O.O.O.O.O.O.O=C(O)[C@@H]1[O][Sb]2([O][Sb]34[O][C@H]([C@H](O)CO)[C@H]([O]3)[C@H](C(=O)O)[O]4)[O][C@H]([C@H](O)CO)[C@@H]1[O]2.[Na+].[O]=[Sb][O-]. The van der Waals surface area contributed by atoms with Crippen molar-refractivity contribution in [3.05, 3.63) is 0 Å². The Hall–Kier alpha value is 1.27. The molecule has 4 fully saturated rings. The first-order valence-corrected chi connectivity index (χ1v) is 19.1. The van der Waals surface area contributed by atoms with Crippen molar-refractivity contribution in [2.75, 3.05) is 13.2 Å². The third-order valence-electron chi connectivity index (χ3n) is 4.55. The Balaban J connectivity index is -0.0000000927. The molecule has 2 radical (unpaired) electrons. The van der Waals surface area contributed by atoms with Crippen LogP contribution in [0.5, 0.6) is 0 Å². The first kappa shape index (κ1) is 71.3. The van der Waals surface area contributed by atoms with Gasteiger partial charge in [-0.25, -0.2) is 0 Å². The summed E-state index contributed by atoms with van der Waals surface area (Å²) in [4.78, 5) is 22.9. The van der Waals surface area contributed by atoms with Crippen molar-refractivity contribution in [3.63, 3.8) is 0 Å². The maximum absolute atomic E-state index is 11.5. The van der Waals surface area contributed by atoms with Gasteiger partial charge in [-0.1, -0.05) is 0 Å². The van der Waals surface area contributed by atoms with Gasteiger partial charge in [0.2, 0.25) is 0 Å². The Morgan fingerprint density at radius 1 is 0.659 bits per heavy atom. The fourth-order valence-corrected chi connectivity index (χ4v) is 23.5. The second-order valence-electron chi connectivity index (χ2n) is 6.56. The molecule has 4 aliphatic rings. The molecule has 0 saturated carbocycles. The second-order valence-corrected chi connectivity index (χ2v) is 19.3. The minimum absolute atomic E-state index is 0. The molecule has 28 nitrogen and oxygen atoms in total. The first-order chi connectivity index (χ1) is 15.1. The molecular weight excluding hydrogens is 980 g/mol. The number of carboxylic acids is 2. The quantitative estimate of drug-likeness (QED) is 0.123. The van der Waals surface area contributed by atoms with Crippen LogP contribution in [0.15, 0.2) is 0 Å². The zero-order chi connectivity index (χ0) is 23.8. The Kier molecular flexibility index (Phi) is 47.4. The molecule has 0 spiro atoms. The van der Waals surface area contributed by atoms with Gasteiger partial charge in [-0.05, 0) is 0 Å². The Labute approximate surface area is 290 Å². The van der Waals surface area contributed by atoms with Gasteiger partial charge < -0.3 is 60.2 Å². The van der Waals surface area contributed by atoms with Gasteiger partial charge in [0.05, 0.1) is 0 Å². The molecule has 44 heavy (non-hydrogen) atoms. The Morgan fingerprint density at radius 2 is 0.909 bits per heavy atom. The van der Waals surface area contributed by atoms with E-state index < -0.39 is 137 Å². The van der Waals surface area contributed by atoms with Crippen molar-refractivity contribution < 1.29 is 156 Å². The van der Waals surface area contributed by atoms with E-state index in [1.54, 1.807) is 0 Å². The van der Waals surface area contributed by atoms with E-state index in [-0.39, 0.29) is 89.8 Å². The van der Waals surface area contributed by atoms with E-state index in [2.05, 4.69) is 0 Å². The molecule has 32 heteroatoms. The third-order valence-corrected chi connectivity index (χ3v) is 21.8. The van der Waals surface area contributed by atoms with E-state index in [9.17, 15) is 30.0 Å². The number of hydrogen-bond donors (Lipinski definition) is 6. The standard InChI is InChI=1S/2C6H9O7.Na.11H2O.3O.3Sb/c2*7-1-2(8)3(9)4(10)5(11)6(12)13;;;;;;;;;;;;;;;;;;/h2*2-5,7-8H,1H2,(H,12,13);;11*1H2;;;;;;/q2*-3;+1;;;;;;;;;;;;;;-1;;2*+3/t2*2-,3-,4+,5-;;;;;;;;;;;;;;;;;;/m11................../s1.